The van der Waals surface area contributed by atoms with Crippen LogP contribution in [-0.2, 0) is 9.47 Å². The Balaban J connectivity index is 2.05. The normalized spacial score (nSPS) is 15.2. The van der Waals surface area contributed by atoms with Crippen LogP contribution < -0.4 is 10.6 Å². The number of nitrogens with two attached hydrogens (primary N) is 1. The highest BCUT2D eigenvalue weighted by molar-refractivity contribution is 5.98. The zero-order chi connectivity index (χ0) is 17.9. The average Bonchev–Trinajstić information content (AvgIpc) is 2.53. The summed E-state index contributed by atoms with van der Waals surface area (Å²) in [5, 5.41) is 0. The van der Waals surface area contributed by atoms with E-state index in [-0.39, 0.29) is 6.09 Å². The van der Waals surface area contributed by atoms with Crippen LogP contribution in [0, 0.1) is 0 Å². The van der Waals surface area contributed by atoms with Gasteiger partial charge in [0.2, 0.25) is 0 Å². The van der Waals surface area contributed by atoms with Crippen molar-refractivity contribution in [3.05, 3.63) is 23.8 Å². The topological polar surface area (TPSA) is 85.1 Å². The number of piperazine rings is 1. The molecule has 2 N–H and O–H groups in total. The number of carbonyl (C=O) groups is 2. The van der Waals surface area contributed by atoms with Gasteiger partial charge in [0.1, 0.15) is 5.60 Å². The Morgan fingerprint density at radius 2 is 1.75 bits per heavy atom. The fourth-order valence-corrected chi connectivity index (χ4v) is 2.57. The zero-order valence-electron chi connectivity index (χ0n) is 14.7. The van der Waals surface area contributed by atoms with Crippen molar-refractivity contribution in [2.45, 2.75) is 26.4 Å². The van der Waals surface area contributed by atoms with E-state index in [0.29, 0.717) is 37.4 Å². The van der Waals surface area contributed by atoms with Crippen LogP contribution in [0.1, 0.15) is 31.1 Å². The Hall–Kier alpha value is -2.44. The molecule has 0 aliphatic carbocycles. The number of para-hydroxylation sites is 1. The van der Waals surface area contributed by atoms with E-state index in [1.165, 1.54) is 7.11 Å². The maximum Gasteiger partial charge on any atom is 0.410 e. The van der Waals surface area contributed by atoms with Crippen molar-refractivity contribution in [3.63, 3.8) is 0 Å². The third kappa shape index (κ3) is 4.10. The van der Waals surface area contributed by atoms with Gasteiger partial charge in [-0.15, -0.1) is 0 Å². The van der Waals surface area contributed by atoms with Crippen LogP contribution in [0.4, 0.5) is 16.2 Å². The smallest absolute Gasteiger partial charge is 0.410 e. The van der Waals surface area contributed by atoms with E-state index in [4.69, 9.17) is 15.2 Å². The van der Waals surface area contributed by atoms with E-state index < -0.39 is 11.6 Å². The molecule has 0 spiro atoms. The number of nitrogen functional groups attached to an aromatic ring is 1. The van der Waals surface area contributed by atoms with Crippen molar-refractivity contribution in [2.24, 2.45) is 0 Å². The molecule has 0 atom stereocenters. The van der Waals surface area contributed by atoms with Gasteiger partial charge in [0.05, 0.1) is 24.0 Å². The third-order valence-corrected chi connectivity index (χ3v) is 3.76. The molecule has 1 fully saturated rings. The quantitative estimate of drug-likeness (QED) is 0.658. The molecular formula is C17H25N3O4. The van der Waals surface area contributed by atoms with Crippen LogP contribution in [-0.4, -0.2) is 55.9 Å². The number of rotatable bonds is 2. The molecule has 1 heterocycles. The minimum absolute atomic E-state index is 0.307. The van der Waals surface area contributed by atoms with E-state index >= 15 is 0 Å². The number of amides is 1. The van der Waals surface area contributed by atoms with Crippen LogP contribution in [0.25, 0.3) is 0 Å². The summed E-state index contributed by atoms with van der Waals surface area (Å²) in [7, 11) is 1.33. The number of hydrogen-bond donors (Lipinski definition) is 1. The lowest BCUT2D eigenvalue weighted by molar-refractivity contribution is 0.0240. The lowest BCUT2D eigenvalue weighted by atomic mass is 10.1. The Morgan fingerprint density at radius 3 is 2.29 bits per heavy atom. The third-order valence-electron chi connectivity index (χ3n) is 3.76. The van der Waals surface area contributed by atoms with Gasteiger partial charge in [-0.05, 0) is 32.9 Å². The number of benzene rings is 1. The molecule has 7 nitrogen and oxygen atoms in total. The Labute approximate surface area is 142 Å². The van der Waals surface area contributed by atoms with Crippen LogP contribution in [0.5, 0.6) is 0 Å². The average molecular weight is 335 g/mol. The molecular weight excluding hydrogens is 310 g/mol. The second kappa shape index (κ2) is 6.98. The van der Waals surface area contributed by atoms with Crippen LogP contribution in [0.3, 0.4) is 0 Å². The first-order valence-electron chi connectivity index (χ1n) is 7.92. The van der Waals surface area contributed by atoms with Gasteiger partial charge in [-0.25, -0.2) is 9.59 Å². The fraction of sp³-hybridized carbons (Fsp3) is 0.529. The van der Waals surface area contributed by atoms with Gasteiger partial charge < -0.3 is 25.0 Å². The first-order chi connectivity index (χ1) is 11.2. The summed E-state index contributed by atoms with van der Waals surface area (Å²) in [5.74, 6) is -0.457. The molecule has 0 saturated carbocycles. The largest absolute Gasteiger partial charge is 0.465 e. The molecule has 7 heteroatoms. The number of ether oxygens (including phenoxy) is 2. The van der Waals surface area contributed by atoms with Gasteiger partial charge in [-0.1, -0.05) is 6.07 Å². The summed E-state index contributed by atoms with van der Waals surface area (Å²) < 4.78 is 10.1. The molecule has 0 unspecified atom stereocenters. The maximum absolute atomic E-state index is 12.1. The second-order valence-corrected chi connectivity index (χ2v) is 6.68. The summed E-state index contributed by atoms with van der Waals surface area (Å²) in [4.78, 5) is 27.6. The molecule has 1 aliphatic rings. The first-order valence-corrected chi connectivity index (χ1v) is 7.92. The SMILES string of the molecule is COC(=O)c1cccc(N2CCN(C(=O)OC(C)(C)C)CC2)c1N. The minimum atomic E-state index is -0.506. The fourth-order valence-electron chi connectivity index (χ4n) is 2.57. The molecule has 132 valence electrons. The first kappa shape index (κ1) is 17.9. The molecule has 1 aliphatic heterocycles. The zero-order valence-corrected chi connectivity index (χ0v) is 14.7. The van der Waals surface area contributed by atoms with Gasteiger partial charge >= 0.3 is 12.1 Å². The monoisotopic (exact) mass is 335 g/mol. The highest BCUT2D eigenvalue weighted by atomic mass is 16.6. The number of methoxy groups -OCH3 is 1. The summed E-state index contributed by atoms with van der Waals surface area (Å²) >= 11 is 0. The van der Waals surface area contributed by atoms with E-state index in [1.54, 1.807) is 17.0 Å². The molecule has 1 saturated heterocycles. The molecule has 0 aromatic heterocycles. The molecule has 24 heavy (non-hydrogen) atoms. The van der Waals surface area contributed by atoms with Crippen LogP contribution >= 0.6 is 0 Å². The van der Waals surface area contributed by atoms with Gasteiger partial charge in [0.25, 0.3) is 0 Å². The second-order valence-electron chi connectivity index (χ2n) is 6.68. The van der Waals surface area contributed by atoms with E-state index in [1.807, 2.05) is 26.8 Å². The number of esters is 1. The summed E-state index contributed by atoms with van der Waals surface area (Å²) in [6, 6.07) is 5.28. The van der Waals surface area contributed by atoms with Gasteiger partial charge in [0.15, 0.2) is 0 Å². The Morgan fingerprint density at radius 1 is 1.12 bits per heavy atom. The van der Waals surface area contributed by atoms with Gasteiger partial charge in [-0.3, -0.25) is 0 Å². The number of hydrogen-bond acceptors (Lipinski definition) is 6. The maximum atomic E-state index is 12.1. The summed E-state index contributed by atoms with van der Waals surface area (Å²) in [6.07, 6.45) is -0.307. The predicted octanol–water partition coefficient (Wildman–Crippen LogP) is 2.11. The van der Waals surface area contributed by atoms with Gasteiger partial charge in [-0.2, -0.15) is 0 Å². The summed E-state index contributed by atoms with van der Waals surface area (Å²) in [6.45, 7) is 7.86. The lowest BCUT2D eigenvalue weighted by Gasteiger charge is -2.37. The molecule has 0 bridgehead atoms. The molecule has 1 aromatic rings. The highest BCUT2D eigenvalue weighted by Crippen LogP contribution is 2.28. The molecule has 1 amide bonds. The standard InChI is InChI=1S/C17H25N3O4/c1-17(2,3)24-16(22)20-10-8-19(9-11-20)13-7-5-6-12(14(13)18)15(21)23-4/h5-7H,8-11,18H2,1-4H3. The number of nitrogens with zero attached hydrogens (tertiary/aromatic N) is 2. The van der Waals surface area contributed by atoms with Crippen molar-refractivity contribution in [1.82, 2.24) is 4.90 Å². The molecule has 2 rings (SSSR count). The van der Waals surface area contributed by atoms with Crippen molar-refractivity contribution in [2.75, 3.05) is 43.9 Å². The molecule has 0 radical (unpaired) electrons. The summed E-state index contributed by atoms with van der Waals surface area (Å²) in [5.41, 5.74) is 7.14. The predicted molar refractivity (Wildman–Crippen MR) is 92.2 cm³/mol. The minimum Gasteiger partial charge on any atom is -0.465 e. The van der Waals surface area contributed by atoms with Crippen molar-refractivity contribution >= 4 is 23.4 Å². The Bertz CT molecular complexity index is 617. The number of carbonyl (C=O) groups excluding carboxylic acids is 2. The van der Waals surface area contributed by atoms with Crippen LogP contribution in [0.2, 0.25) is 0 Å². The van der Waals surface area contributed by atoms with E-state index in [2.05, 4.69) is 4.90 Å². The highest BCUT2D eigenvalue weighted by Gasteiger charge is 2.27. The Kier molecular flexibility index (Phi) is 5.21. The number of anilines is 2. The van der Waals surface area contributed by atoms with Crippen LogP contribution in [0.15, 0.2) is 18.2 Å². The van der Waals surface area contributed by atoms with Crippen molar-refractivity contribution in [1.29, 1.82) is 0 Å². The lowest BCUT2D eigenvalue weighted by Crippen LogP contribution is -2.50. The van der Waals surface area contributed by atoms with Gasteiger partial charge in [0, 0.05) is 26.2 Å². The van der Waals surface area contributed by atoms with E-state index in [9.17, 15) is 9.59 Å². The van der Waals surface area contributed by atoms with Crippen molar-refractivity contribution in [3.8, 4) is 0 Å². The van der Waals surface area contributed by atoms with E-state index in [0.717, 1.165) is 5.69 Å². The molecule has 1 aromatic carbocycles. The van der Waals surface area contributed by atoms with Crippen molar-refractivity contribution < 1.29 is 19.1 Å².